The van der Waals surface area contributed by atoms with Gasteiger partial charge in [-0.25, -0.2) is 4.79 Å². The molecule has 0 bridgehead atoms. The standard InChI is InChI=1S/C15H30N4O2/c1-3-4-5-6-12(2)17-15(21)18-13-7-9-19(10-8-13)11-14(16)20/h12-13H,3-11H2,1-2H3,(H2,16,20)(H2,17,18,21). The van der Waals surface area contributed by atoms with Gasteiger partial charge in [0.25, 0.3) is 0 Å². The first kappa shape index (κ1) is 17.8. The molecular formula is C15H30N4O2. The molecule has 21 heavy (non-hydrogen) atoms. The Bertz CT molecular complexity index is 328. The highest BCUT2D eigenvalue weighted by Crippen LogP contribution is 2.10. The number of hydrogen-bond donors (Lipinski definition) is 3. The Morgan fingerprint density at radius 3 is 2.52 bits per heavy atom. The lowest BCUT2D eigenvalue weighted by Crippen LogP contribution is -2.50. The number of urea groups is 1. The van der Waals surface area contributed by atoms with E-state index in [1.165, 1.54) is 12.8 Å². The summed E-state index contributed by atoms with van der Waals surface area (Å²) in [5, 5.41) is 6.01. The molecule has 3 amide bonds. The van der Waals surface area contributed by atoms with E-state index >= 15 is 0 Å². The summed E-state index contributed by atoms with van der Waals surface area (Å²) in [6.45, 7) is 6.15. The summed E-state index contributed by atoms with van der Waals surface area (Å²) in [6.07, 6.45) is 6.33. The molecule has 0 saturated carbocycles. The Labute approximate surface area is 127 Å². The van der Waals surface area contributed by atoms with Crippen molar-refractivity contribution in [1.29, 1.82) is 0 Å². The van der Waals surface area contributed by atoms with E-state index in [1.807, 2.05) is 11.8 Å². The summed E-state index contributed by atoms with van der Waals surface area (Å²) < 4.78 is 0. The van der Waals surface area contributed by atoms with Crippen molar-refractivity contribution in [2.24, 2.45) is 5.73 Å². The van der Waals surface area contributed by atoms with Crippen LogP contribution in [0.1, 0.15) is 52.4 Å². The molecule has 4 N–H and O–H groups in total. The molecule has 1 aliphatic heterocycles. The maximum atomic E-state index is 11.9. The van der Waals surface area contributed by atoms with Crippen molar-refractivity contribution in [3.8, 4) is 0 Å². The van der Waals surface area contributed by atoms with Gasteiger partial charge in [0.2, 0.25) is 5.91 Å². The molecule has 0 aromatic heterocycles. The number of nitrogens with one attached hydrogen (secondary N) is 2. The van der Waals surface area contributed by atoms with Crippen LogP contribution in [0.3, 0.4) is 0 Å². The third-order valence-corrected chi connectivity index (χ3v) is 3.92. The molecule has 0 aromatic rings. The highest BCUT2D eigenvalue weighted by atomic mass is 16.2. The second kappa shape index (κ2) is 9.60. The highest BCUT2D eigenvalue weighted by molar-refractivity contribution is 5.76. The molecule has 1 atom stereocenters. The number of hydrogen-bond acceptors (Lipinski definition) is 3. The summed E-state index contributed by atoms with van der Waals surface area (Å²) in [5.74, 6) is -0.292. The highest BCUT2D eigenvalue weighted by Gasteiger charge is 2.21. The lowest BCUT2D eigenvalue weighted by molar-refractivity contribution is -0.119. The predicted molar refractivity (Wildman–Crippen MR) is 83.9 cm³/mol. The summed E-state index contributed by atoms with van der Waals surface area (Å²) in [4.78, 5) is 24.8. The first-order valence-electron chi connectivity index (χ1n) is 8.09. The van der Waals surface area contributed by atoms with E-state index in [9.17, 15) is 9.59 Å². The predicted octanol–water partition coefficient (Wildman–Crippen LogP) is 1.20. The molecule has 1 rings (SSSR count). The number of amides is 3. The van der Waals surface area contributed by atoms with Gasteiger partial charge in [-0.15, -0.1) is 0 Å². The van der Waals surface area contributed by atoms with Crippen LogP contribution in [-0.2, 0) is 4.79 Å². The largest absolute Gasteiger partial charge is 0.369 e. The number of carbonyl (C=O) groups excluding carboxylic acids is 2. The zero-order valence-corrected chi connectivity index (χ0v) is 13.4. The molecule has 6 heteroatoms. The minimum absolute atomic E-state index is 0.0765. The minimum Gasteiger partial charge on any atom is -0.369 e. The average Bonchev–Trinajstić information content (AvgIpc) is 2.40. The molecule has 1 heterocycles. The van der Waals surface area contributed by atoms with Crippen LogP contribution in [0.25, 0.3) is 0 Å². The number of nitrogens with two attached hydrogens (primary N) is 1. The fraction of sp³-hybridized carbons (Fsp3) is 0.867. The third-order valence-electron chi connectivity index (χ3n) is 3.92. The van der Waals surface area contributed by atoms with Crippen LogP contribution in [0.15, 0.2) is 0 Å². The molecule has 0 aromatic carbocycles. The van der Waals surface area contributed by atoms with Gasteiger partial charge >= 0.3 is 6.03 Å². The van der Waals surface area contributed by atoms with Gasteiger partial charge in [0, 0.05) is 25.2 Å². The molecule has 6 nitrogen and oxygen atoms in total. The number of carbonyl (C=O) groups is 2. The van der Waals surface area contributed by atoms with E-state index in [0.29, 0.717) is 6.54 Å². The quantitative estimate of drug-likeness (QED) is 0.588. The Kier molecular flexibility index (Phi) is 8.12. The SMILES string of the molecule is CCCCCC(C)NC(=O)NC1CCN(CC(N)=O)CC1. The van der Waals surface area contributed by atoms with Crippen molar-refractivity contribution in [3.63, 3.8) is 0 Å². The minimum atomic E-state index is -0.292. The van der Waals surface area contributed by atoms with Crippen molar-refractivity contribution < 1.29 is 9.59 Å². The fourth-order valence-electron chi connectivity index (χ4n) is 2.68. The van der Waals surface area contributed by atoms with Gasteiger partial charge in [0.15, 0.2) is 0 Å². The molecule has 0 radical (unpaired) electrons. The van der Waals surface area contributed by atoms with E-state index in [1.54, 1.807) is 0 Å². The van der Waals surface area contributed by atoms with Crippen molar-refractivity contribution >= 4 is 11.9 Å². The number of likely N-dealkylation sites (tertiary alicyclic amines) is 1. The van der Waals surface area contributed by atoms with Crippen LogP contribution in [0.5, 0.6) is 0 Å². The second-order valence-corrected chi connectivity index (χ2v) is 6.03. The van der Waals surface area contributed by atoms with Gasteiger partial charge in [0.1, 0.15) is 0 Å². The van der Waals surface area contributed by atoms with Crippen molar-refractivity contribution in [2.75, 3.05) is 19.6 Å². The second-order valence-electron chi connectivity index (χ2n) is 6.03. The fourth-order valence-corrected chi connectivity index (χ4v) is 2.68. The van der Waals surface area contributed by atoms with Gasteiger partial charge in [-0.3, -0.25) is 9.69 Å². The van der Waals surface area contributed by atoms with Crippen LogP contribution in [0, 0.1) is 0 Å². The van der Waals surface area contributed by atoms with Crippen LogP contribution in [0.2, 0.25) is 0 Å². The van der Waals surface area contributed by atoms with Crippen LogP contribution >= 0.6 is 0 Å². The van der Waals surface area contributed by atoms with Crippen molar-refractivity contribution in [3.05, 3.63) is 0 Å². The maximum Gasteiger partial charge on any atom is 0.315 e. The number of nitrogens with zero attached hydrogens (tertiary/aromatic N) is 1. The van der Waals surface area contributed by atoms with Gasteiger partial charge in [-0.1, -0.05) is 26.2 Å². The zero-order valence-electron chi connectivity index (χ0n) is 13.4. The Morgan fingerprint density at radius 2 is 1.95 bits per heavy atom. The Morgan fingerprint density at radius 1 is 1.29 bits per heavy atom. The average molecular weight is 298 g/mol. The number of rotatable bonds is 8. The summed E-state index contributed by atoms with van der Waals surface area (Å²) in [6, 6.07) is 0.329. The van der Waals surface area contributed by atoms with E-state index in [0.717, 1.165) is 38.8 Å². The summed E-state index contributed by atoms with van der Waals surface area (Å²) >= 11 is 0. The van der Waals surface area contributed by atoms with Crippen LogP contribution < -0.4 is 16.4 Å². The molecule has 1 saturated heterocycles. The van der Waals surface area contributed by atoms with Gasteiger partial charge in [0.05, 0.1) is 6.54 Å². The first-order valence-corrected chi connectivity index (χ1v) is 8.09. The van der Waals surface area contributed by atoms with Crippen molar-refractivity contribution in [1.82, 2.24) is 15.5 Å². The zero-order chi connectivity index (χ0) is 15.7. The smallest absolute Gasteiger partial charge is 0.315 e. The third kappa shape index (κ3) is 7.90. The molecule has 0 aliphatic carbocycles. The Balaban J connectivity index is 2.16. The topological polar surface area (TPSA) is 87.5 Å². The number of unbranched alkanes of at least 4 members (excludes halogenated alkanes) is 2. The Hall–Kier alpha value is -1.30. The summed E-state index contributed by atoms with van der Waals surface area (Å²) in [5.41, 5.74) is 5.18. The van der Waals surface area contributed by atoms with E-state index in [-0.39, 0.29) is 24.0 Å². The molecule has 122 valence electrons. The lowest BCUT2D eigenvalue weighted by Gasteiger charge is -2.31. The van der Waals surface area contributed by atoms with E-state index in [4.69, 9.17) is 5.73 Å². The summed E-state index contributed by atoms with van der Waals surface area (Å²) in [7, 11) is 0. The molecule has 1 aliphatic rings. The first-order chi connectivity index (χ1) is 10.0. The lowest BCUT2D eigenvalue weighted by atomic mass is 10.1. The van der Waals surface area contributed by atoms with Crippen LogP contribution in [0.4, 0.5) is 4.79 Å². The van der Waals surface area contributed by atoms with Crippen molar-refractivity contribution in [2.45, 2.75) is 64.5 Å². The van der Waals surface area contributed by atoms with E-state index < -0.39 is 0 Å². The van der Waals surface area contributed by atoms with Gasteiger partial charge < -0.3 is 16.4 Å². The number of piperidine rings is 1. The molecule has 0 spiro atoms. The maximum absolute atomic E-state index is 11.9. The van der Waals surface area contributed by atoms with Gasteiger partial charge in [-0.2, -0.15) is 0 Å². The number of primary amides is 1. The van der Waals surface area contributed by atoms with E-state index in [2.05, 4.69) is 17.6 Å². The monoisotopic (exact) mass is 298 g/mol. The van der Waals surface area contributed by atoms with Gasteiger partial charge in [-0.05, 0) is 26.2 Å². The normalized spacial score (nSPS) is 18.2. The molecular weight excluding hydrogens is 268 g/mol. The molecule has 1 fully saturated rings. The van der Waals surface area contributed by atoms with Crippen LogP contribution in [-0.4, -0.2) is 48.6 Å². The molecule has 1 unspecified atom stereocenters.